The molecule has 2 heteroatoms. The maximum atomic E-state index is 4.41. The van der Waals surface area contributed by atoms with Crippen LogP contribution in [0.5, 0.6) is 0 Å². The summed E-state index contributed by atoms with van der Waals surface area (Å²) in [4.78, 5) is 4.41. The highest BCUT2D eigenvalue weighted by molar-refractivity contribution is 5.83. The minimum Gasteiger partial charge on any atom is -0.372 e. The third-order valence-corrected chi connectivity index (χ3v) is 2.50. The summed E-state index contributed by atoms with van der Waals surface area (Å²) in [5.41, 5.74) is 0. The predicted octanol–water partition coefficient (Wildman–Crippen LogP) is 2.20. The molecule has 1 aliphatic rings. The Bertz CT molecular complexity index is 152. The van der Waals surface area contributed by atoms with Gasteiger partial charge >= 0.3 is 0 Å². The summed E-state index contributed by atoms with van der Waals surface area (Å²) < 4.78 is 0. The van der Waals surface area contributed by atoms with E-state index < -0.39 is 0 Å². The maximum Gasteiger partial charge on any atom is 0.0967 e. The quantitative estimate of drug-likeness (QED) is 0.668. The lowest BCUT2D eigenvalue weighted by atomic mass is 9.96. The summed E-state index contributed by atoms with van der Waals surface area (Å²) in [7, 11) is 0. The molecule has 0 aromatic rings. The van der Waals surface area contributed by atoms with Crippen molar-refractivity contribution in [1.82, 2.24) is 5.32 Å². The zero-order valence-corrected chi connectivity index (χ0v) is 8.27. The van der Waals surface area contributed by atoms with Gasteiger partial charge in [0.25, 0.3) is 0 Å². The lowest BCUT2D eigenvalue weighted by Crippen LogP contribution is -2.21. The maximum absolute atomic E-state index is 4.41. The summed E-state index contributed by atoms with van der Waals surface area (Å²) in [6.07, 6.45) is 5.10. The highest BCUT2D eigenvalue weighted by Gasteiger charge is 2.11. The standard InChI is InChI=1S/C10H20N2/c1-3-5-9(4-2)8-10-11-6-7-12-10/h9H,3-8H2,1-2H3,(H,11,12). The first-order valence-electron chi connectivity index (χ1n) is 5.14. The van der Waals surface area contributed by atoms with Crippen LogP contribution in [-0.2, 0) is 0 Å². The molecule has 0 saturated carbocycles. The van der Waals surface area contributed by atoms with Gasteiger partial charge in [-0.3, -0.25) is 4.99 Å². The fraction of sp³-hybridized carbons (Fsp3) is 0.900. The summed E-state index contributed by atoms with van der Waals surface area (Å²) in [6.45, 7) is 6.57. The molecule has 1 atom stereocenters. The molecule has 0 amide bonds. The highest BCUT2D eigenvalue weighted by Crippen LogP contribution is 2.15. The van der Waals surface area contributed by atoms with Crippen LogP contribution < -0.4 is 5.32 Å². The number of nitrogens with zero attached hydrogens (tertiary/aromatic N) is 1. The van der Waals surface area contributed by atoms with Crippen molar-refractivity contribution in [3.63, 3.8) is 0 Å². The third-order valence-electron chi connectivity index (χ3n) is 2.50. The average Bonchev–Trinajstić information content (AvgIpc) is 2.56. The topological polar surface area (TPSA) is 24.4 Å². The Morgan fingerprint density at radius 3 is 2.83 bits per heavy atom. The van der Waals surface area contributed by atoms with Gasteiger partial charge in [-0.25, -0.2) is 0 Å². The Hall–Kier alpha value is -0.530. The normalized spacial score (nSPS) is 18.7. The number of aliphatic imine (C=N–C) groups is 1. The summed E-state index contributed by atoms with van der Waals surface area (Å²) in [5.74, 6) is 2.09. The van der Waals surface area contributed by atoms with Gasteiger partial charge in [-0.15, -0.1) is 0 Å². The molecule has 0 aromatic carbocycles. The molecule has 0 radical (unpaired) electrons. The fourth-order valence-electron chi connectivity index (χ4n) is 1.72. The van der Waals surface area contributed by atoms with Crippen LogP contribution in [0.15, 0.2) is 4.99 Å². The Labute approximate surface area is 75.5 Å². The van der Waals surface area contributed by atoms with Crippen molar-refractivity contribution in [2.75, 3.05) is 13.1 Å². The van der Waals surface area contributed by atoms with Gasteiger partial charge in [0, 0.05) is 13.0 Å². The minimum absolute atomic E-state index is 0.847. The molecule has 1 aliphatic heterocycles. The molecule has 0 fully saturated rings. The van der Waals surface area contributed by atoms with E-state index in [2.05, 4.69) is 24.2 Å². The second-order valence-electron chi connectivity index (χ2n) is 3.52. The van der Waals surface area contributed by atoms with Crippen LogP contribution in [0.1, 0.15) is 39.5 Å². The van der Waals surface area contributed by atoms with Crippen molar-refractivity contribution in [3.8, 4) is 0 Å². The van der Waals surface area contributed by atoms with Crippen molar-refractivity contribution in [1.29, 1.82) is 0 Å². The zero-order chi connectivity index (χ0) is 8.81. The molecule has 1 N–H and O–H groups in total. The number of nitrogens with one attached hydrogen (secondary N) is 1. The van der Waals surface area contributed by atoms with E-state index in [1.54, 1.807) is 0 Å². The second kappa shape index (κ2) is 5.18. The number of rotatable bonds is 5. The second-order valence-corrected chi connectivity index (χ2v) is 3.52. The molecule has 0 spiro atoms. The van der Waals surface area contributed by atoms with Crippen LogP contribution in [0.2, 0.25) is 0 Å². The first-order chi connectivity index (χ1) is 5.86. The van der Waals surface area contributed by atoms with Gasteiger partial charge in [-0.05, 0) is 5.92 Å². The van der Waals surface area contributed by atoms with Gasteiger partial charge in [-0.1, -0.05) is 33.1 Å². The third kappa shape index (κ3) is 2.84. The SMILES string of the molecule is CCCC(CC)CC1=NCCN1. The van der Waals surface area contributed by atoms with Crippen LogP contribution in [0, 0.1) is 5.92 Å². The van der Waals surface area contributed by atoms with E-state index in [1.165, 1.54) is 31.5 Å². The summed E-state index contributed by atoms with van der Waals surface area (Å²) in [5, 5.41) is 3.33. The van der Waals surface area contributed by atoms with E-state index in [0.717, 1.165) is 19.0 Å². The van der Waals surface area contributed by atoms with E-state index in [0.29, 0.717) is 0 Å². The van der Waals surface area contributed by atoms with E-state index in [-0.39, 0.29) is 0 Å². The van der Waals surface area contributed by atoms with Crippen LogP contribution in [0.25, 0.3) is 0 Å². The Morgan fingerprint density at radius 2 is 2.33 bits per heavy atom. The van der Waals surface area contributed by atoms with E-state index >= 15 is 0 Å². The molecule has 0 aliphatic carbocycles. The highest BCUT2D eigenvalue weighted by atomic mass is 15.1. The fourth-order valence-corrected chi connectivity index (χ4v) is 1.72. The van der Waals surface area contributed by atoms with E-state index in [9.17, 15) is 0 Å². The van der Waals surface area contributed by atoms with Crippen LogP contribution >= 0.6 is 0 Å². The van der Waals surface area contributed by atoms with Gasteiger partial charge in [0.15, 0.2) is 0 Å². The van der Waals surface area contributed by atoms with Crippen LogP contribution in [0.4, 0.5) is 0 Å². The number of hydrogen-bond acceptors (Lipinski definition) is 2. The molecule has 70 valence electrons. The molecule has 1 rings (SSSR count). The molecular weight excluding hydrogens is 148 g/mol. The van der Waals surface area contributed by atoms with Crippen molar-refractivity contribution < 1.29 is 0 Å². The minimum atomic E-state index is 0.847. The van der Waals surface area contributed by atoms with E-state index in [1.807, 2.05) is 0 Å². The Kier molecular flexibility index (Phi) is 4.12. The summed E-state index contributed by atoms with van der Waals surface area (Å²) >= 11 is 0. The largest absolute Gasteiger partial charge is 0.372 e. The monoisotopic (exact) mass is 168 g/mol. The Morgan fingerprint density at radius 1 is 1.50 bits per heavy atom. The molecule has 1 heterocycles. The average molecular weight is 168 g/mol. The van der Waals surface area contributed by atoms with Gasteiger partial charge in [0.2, 0.25) is 0 Å². The summed E-state index contributed by atoms with van der Waals surface area (Å²) in [6, 6.07) is 0. The van der Waals surface area contributed by atoms with E-state index in [4.69, 9.17) is 0 Å². The lowest BCUT2D eigenvalue weighted by molar-refractivity contribution is 0.478. The van der Waals surface area contributed by atoms with Crippen molar-refractivity contribution in [2.24, 2.45) is 10.9 Å². The molecule has 12 heavy (non-hydrogen) atoms. The molecule has 0 bridgehead atoms. The first-order valence-corrected chi connectivity index (χ1v) is 5.14. The predicted molar refractivity (Wildman–Crippen MR) is 53.6 cm³/mol. The van der Waals surface area contributed by atoms with Crippen molar-refractivity contribution in [2.45, 2.75) is 39.5 Å². The Balaban J connectivity index is 2.25. The number of hydrogen-bond donors (Lipinski definition) is 1. The van der Waals surface area contributed by atoms with Gasteiger partial charge in [0.1, 0.15) is 0 Å². The van der Waals surface area contributed by atoms with Gasteiger partial charge in [-0.2, -0.15) is 0 Å². The van der Waals surface area contributed by atoms with Crippen LogP contribution in [-0.4, -0.2) is 18.9 Å². The smallest absolute Gasteiger partial charge is 0.0967 e. The molecule has 0 saturated heterocycles. The molecule has 2 nitrogen and oxygen atoms in total. The van der Waals surface area contributed by atoms with Gasteiger partial charge < -0.3 is 5.32 Å². The lowest BCUT2D eigenvalue weighted by Gasteiger charge is -2.13. The van der Waals surface area contributed by atoms with Crippen molar-refractivity contribution >= 4 is 5.84 Å². The molecular formula is C10H20N2. The van der Waals surface area contributed by atoms with Crippen molar-refractivity contribution in [3.05, 3.63) is 0 Å². The molecule has 0 aromatic heterocycles. The molecule has 1 unspecified atom stereocenters. The van der Waals surface area contributed by atoms with Gasteiger partial charge in [0.05, 0.1) is 12.4 Å². The number of amidine groups is 1. The zero-order valence-electron chi connectivity index (χ0n) is 8.27. The van der Waals surface area contributed by atoms with Crippen LogP contribution in [0.3, 0.4) is 0 Å². The first kappa shape index (κ1) is 9.56.